The summed E-state index contributed by atoms with van der Waals surface area (Å²) in [5.74, 6) is -0.155. The van der Waals surface area contributed by atoms with Crippen molar-refractivity contribution < 1.29 is 24.0 Å². The minimum absolute atomic E-state index is 0.155. The van der Waals surface area contributed by atoms with Crippen molar-refractivity contribution in [2.75, 3.05) is 0 Å². The number of carbonyl (C=O) groups is 1. The largest absolute Gasteiger partial charge is 0.466 e. The third kappa shape index (κ3) is 38.9. The van der Waals surface area contributed by atoms with Gasteiger partial charge >= 0.3 is 7.82 Å². The van der Waals surface area contributed by atoms with Gasteiger partial charge in [-0.3, -0.25) is 4.79 Å². The van der Waals surface area contributed by atoms with Crippen molar-refractivity contribution in [2.45, 2.75) is 96.8 Å². The first-order valence-electron chi connectivity index (χ1n) is 8.84. The molecule has 140 valence electrons. The van der Waals surface area contributed by atoms with E-state index < -0.39 is 7.82 Å². The molecule has 7 heteroatoms. The molecule has 0 radical (unpaired) electrons. The Hall–Kier alpha value is -0.420. The van der Waals surface area contributed by atoms with Gasteiger partial charge in [0.2, 0.25) is 5.91 Å². The smallest absolute Gasteiger partial charge is 0.370 e. The number of amides is 1. The minimum atomic E-state index is -4.64. The summed E-state index contributed by atoms with van der Waals surface area (Å²) in [5, 5.41) is 0. The Labute approximate surface area is 141 Å². The van der Waals surface area contributed by atoms with Crippen molar-refractivity contribution in [1.82, 2.24) is 0 Å². The van der Waals surface area contributed by atoms with Gasteiger partial charge in [0.15, 0.2) is 0 Å². The second kappa shape index (κ2) is 17.9. The molecule has 0 spiro atoms. The van der Waals surface area contributed by atoms with Crippen LogP contribution in [0.3, 0.4) is 0 Å². The quantitative estimate of drug-likeness (QED) is 0.277. The normalized spacial score (nSPS) is 11.0. The minimum Gasteiger partial charge on any atom is -0.370 e. The Morgan fingerprint density at radius 2 is 1.00 bits per heavy atom. The standard InChI is InChI=1S/C16H33NO.H3O4P/c1-2-3-4-5-6-7-8-9-10-11-12-13-14-15-16(17)18;1-5(2,3)4/h2-15H2,1H3,(H2,17,18);(H3,1,2,3,4). The van der Waals surface area contributed by atoms with Crippen molar-refractivity contribution in [2.24, 2.45) is 5.73 Å². The molecule has 1 amide bonds. The molecule has 0 aromatic heterocycles. The number of primary amides is 1. The summed E-state index contributed by atoms with van der Waals surface area (Å²) in [4.78, 5) is 32.1. The molecule has 0 unspecified atom stereocenters. The predicted octanol–water partition coefficient (Wildman–Crippen LogP) is 4.02. The Kier molecular flexibility index (Phi) is 19.4. The molecule has 0 saturated carbocycles. The van der Waals surface area contributed by atoms with Crippen molar-refractivity contribution in [3.63, 3.8) is 0 Å². The summed E-state index contributed by atoms with van der Waals surface area (Å²) in [7, 11) is -4.64. The molecule has 6 nitrogen and oxygen atoms in total. The van der Waals surface area contributed by atoms with Gasteiger partial charge < -0.3 is 20.4 Å². The average molecular weight is 353 g/mol. The molecule has 0 fully saturated rings. The topological polar surface area (TPSA) is 121 Å². The number of hydrogen-bond acceptors (Lipinski definition) is 2. The van der Waals surface area contributed by atoms with E-state index in [0.29, 0.717) is 6.42 Å². The van der Waals surface area contributed by atoms with Gasteiger partial charge in [0.05, 0.1) is 0 Å². The van der Waals surface area contributed by atoms with Crippen LogP contribution < -0.4 is 5.73 Å². The summed E-state index contributed by atoms with van der Waals surface area (Å²) in [6, 6.07) is 0. The molecule has 0 atom stereocenters. The van der Waals surface area contributed by atoms with Crippen LogP contribution in [0.25, 0.3) is 0 Å². The van der Waals surface area contributed by atoms with E-state index >= 15 is 0 Å². The van der Waals surface area contributed by atoms with Crippen LogP contribution in [0.4, 0.5) is 0 Å². The highest BCUT2D eigenvalue weighted by Crippen LogP contribution is 2.25. The fraction of sp³-hybridized carbons (Fsp3) is 0.938. The third-order valence-electron chi connectivity index (χ3n) is 3.53. The number of rotatable bonds is 14. The maximum absolute atomic E-state index is 10.5. The maximum atomic E-state index is 10.5. The number of hydrogen-bond donors (Lipinski definition) is 4. The van der Waals surface area contributed by atoms with Crippen molar-refractivity contribution in [1.29, 1.82) is 0 Å². The number of unbranched alkanes of at least 4 members (excludes halogenated alkanes) is 12. The van der Waals surface area contributed by atoms with Crippen molar-refractivity contribution in [3.05, 3.63) is 0 Å². The van der Waals surface area contributed by atoms with E-state index in [4.69, 9.17) is 25.0 Å². The first kappa shape index (κ1) is 24.8. The van der Waals surface area contributed by atoms with Crippen LogP contribution in [0.2, 0.25) is 0 Å². The fourth-order valence-corrected chi connectivity index (χ4v) is 2.32. The molecule has 0 aliphatic rings. The zero-order chi connectivity index (χ0) is 18.0. The lowest BCUT2D eigenvalue weighted by Gasteiger charge is -2.02. The highest BCUT2D eigenvalue weighted by atomic mass is 31.2. The Bertz CT molecular complexity index is 299. The molecule has 5 N–H and O–H groups in total. The fourth-order valence-electron chi connectivity index (χ4n) is 2.32. The number of carbonyl (C=O) groups excluding carboxylic acids is 1. The molecule has 0 saturated heterocycles. The molecule has 0 bridgehead atoms. The van der Waals surface area contributed by atoms with Crippen LogP contribution in [-0.2, 0) is 9.36 Å². The molecule has 0 rings (SSSR count). The van der Waals surface area contributed by atoms with E-state index in [1.165, 1.54) is 77.0 Å². The second-order valence-corrected chi connectivity index (χ2v) is 7.00. The zero-order valence-electron chi connectivity index (χ0n) is 14.6. The third-order valence-corrected chi connectivity index (χ3v) is 3.53. The Morgan fingerprint density at radius 3 is 1.26 bits per heavy atom. The van der Waals surface area contributed by atoms with Gasteiger partial charge in [0, 0.05) is 6.42 Å². The van der Waals surface area contributed by atoms with Gasteiger partial charge in [0.1, 0.15) is 0 Å². The Balaban J connectivity index is 0. The molecule has 0 aliphatic carbocycles. The number of nitrogens with two attached hydrogens (primary N) is 1. The van der Waals surface area contributed by atoms with Gasteiger partial charge in [-0.05, 0) is 6.42 Å². The summed E-state index contributed by atoms with van der Waals surface area (Å²) in [5.41, 5.74) is 5.09. The SMILES string of the molecule is CCCCCCCCCCCCCCCC(N)=O.O=P(O)(O)O. The van der Waals surface area contributed by atoms with Crippen LogP contribution in [0.15, 0.2) is 0 Å². The van der Waals surface area contributed by atoms with Crippen LogP contribution in [0.5, 0.6) is 0 Å². The van der Waals surface area contributed by atoms with E-state index in [1.54, 1.807) is 0 Å². The first-order chi connectivity index (χ1) is 10.8. The van der Waals surface area contributed by atoms with Crippen LogP contribution in [-0.4, -0.2) is 20.6 Å². The van der Waals surface area contributed by atoms with Crippen LogP contribution in [0, 0.1) is 0 Å². The summed E-state index contributed by atoms with van der Waals surface area (Å²) in [6.45, 7) is 2.27. The van der Waals surface area contributed by atoms with E-state index in [0.717, 1.165) is 6.42 Å². The van der Waals surface area contributed by atoms with Gasteiger partial charge in [-0.1, -0.05) is 84.0 Å². The van der Waals surface area contributed by atoms with E-state index in [1.807, 2.05) is 0 Å². The lowest BCUT2D eigenvalue weighted by Crippen LogP contribution is -2.09. The lowest BCUT2D eigenvalue weighted by molar-refractivity contribution is -0.118. The van der Waals surface area contributed by atoms with Gasteiger partial charge in [-0.2, -0.15) is 0 Å². The molecule has 23 heavy (non-hydrogen) atoms. The van der Waals surface area contributed by atoms with Gasteiger partial charge in [0.25, 0.3) is 0 Å². The molecular weight excluding hydrogens is 317 g/mol. The molecular formula is C16H36NO5P. The average Bonchev–Trinajstić information content (AvgIpc) is 2.42. The summed E-state index contributed by atoms with van der Waals surface area (Å²) >= 11 is 0. The monoisotopic (exact) mass is 353 g/mol. The first-order valence-corrected chi connectivity index (χ1v) is 10.4. The van der Waals surface area contributed by atoms with Crippen molar-refractivity contribution in [3.8, 4) is 0 Å². The van der Waals surface area contributed by atoms with Crippen LogP contribution in [0.1, 0.15) is 96.8 Å². The predicted molar refractivity (Wildman–Crippen MR) is 93.8 cm³/mol. The van der Waals surface area contributed by atoms with Gasteiger partial charge in [-0.25, -0.2) is 4.57 Å². The highest BCUT2D eigenvalue weighted by Gasteiger charge is 2.00. The molecule has 0 heterocycles. The van der Waals surface area contributed by atoms with Crippen molar-refractivity contribution >= 4 is 13.7 Å². The van der Waals surface area contributed by atoms with Crippen LogP contribution >= 0.6 is 7.82 Å². The molecule has 0 aromatic carbocycles. The molecule has 0 aliphatic heterocycles. The lowest BCUT2D eigenvalue weighted by atomic mass is 10.0. The summed E-state index contributed by atoms with van der Waals surface area (Å²) in [6.07, 6.45) is 17.9. The Morgan fingerprint density at radius 1 is 0.739 bits per heavy atom. The molecule has 0 aromatic rings. The maximum Gasteiger partial charge on any atom is 0.466 e. The zero-order valence-corrected chi connectivity index (χ0v) is 15.5. The van der Waals surface area contributed by atoms with E-state index in [9.17, 15) is 4.79 Å². The van der Waals surface area contributed by atoms with E-state index in [-0.39, 0.29) is 5.91 Å². The highest BCUT2D eigenvalue weighted by molar-refractivity contribution is 7.45. The second-order valence-electron chi connectivity index (χ2n) is 5.97. The summed E-state index contributed by atoms with van der Waals surface area (Å²) < 4.78 is 8.88. The van der Waals surface area contributed by atoms with E-state index in [2.05, 4.69) is 6.92 Å². The number of phosphoric acid groups is 1. The van der Waals surface area contributed by atoms with Gasteiger partial charge in [-0.15, -0.1) is 0 Å².